The van der Waals surface area contributed by atoms with Gasteiger partial charge < -0.3 is 10.6 Å². The van der Waals surface area contributed by atoms with Crippen molar-refractivity contribution in [1.82, 2.24) is 4.90 Å². The molecular weight excluding hydrogens is 280 g/mol. The fourth-order valence-corrected chi connectivity index (χ4v) is 3.32. The van der Waals surface area contributed by atoms with Crippen molar-refractivity contribution in [3.8, 4) is 0 Å². The van der Waals surface area contributed by atoms with Gasteiger partial charge in [-0.05, 0) is 19.3 Å². The SMILES string of the molecule is CCCCCCCCCC(=O)N(CC(N)=S)C1CCCC1. The quantitative estimate of drug-likeness (QED) is 0.460. The van der Waals surface area contributed by atoms with Crippen LogP contribution in [0.2, 0.25) is 0 Å². The van der Waals surface area contributed by atoms with E-state index in [2.05, 4.69) is 6.92 Å². The van der Waals surface area contributed by atoms with Crippen LogP contribution in [-0.4, -0.2) is 28.4 Å². The highest BCUT2D eigenvalue weighted by Crippen LogP contribution is 2.24. The van der Waals surface area contributed by atoms with Crippen LogP contribution >= 0.6 is 12.2 Å². The fraction of sp³-hybridized carbons (Fsp3) is 0.882. The molecule has 2 N–H and O–H groups in total. The van der Waals surface area contributed by atoms with Crippen molar-refractivity contribution < 1.29 is 4.79 Å². The Hall–Kier alpha value is -0.640. The van der Waals surface area contributed by atoms with Crippen molar-refractivity contribution in [1.29, 1.82) is 0 Å². The standard InChI is InChI=1S/C17H32N2OS/c1-2-3-4-5-6-7-8-13-17(20)19(14-16(18)21)15-11-9-10-12-15/h15H,2-14H2,1H3,(H2,18,21). The molecule has 0 aliphatic heterocycles. The Bertz CT molecular complexity index is 314. The molecular formula is C17H32N2OS. The van der Waals surface area contributed by atoms with E-state index in [9.17, 15) is 4.79 Å². The molecule has 21 heavy (non-hydrogen) atoms. The fourth-order valence-electron chi connectivity index (χ4n) is 3.18. The number of rotatable bonds is 11. The lowest BCUT2D eigenvalue weighted by atomic mass is 10.1. The number of hydrogen-bond donors (Lipinski definition) is 1. The first-order chi connectivity index (χ1) is 10.1. The predicted molar refractivity (Wildman–Crippen MR) is 93.4 cm³/mol. The van der Waals surface area contributed by atoms with E-state index in [1.165, 1.54) is 51.4 Å². The van der Waals surface area contributed by atoms with Gasteiger partial charge in [-0.25, -0.2) is 0 Å². The summed E-state index contributed by atoms with van der Waals surface area (Å²) in [5, 5.41) is 0. The zero-order chi connectivity index (χ0) is 15.5. The summed E-state index contributed by atoms with van der Waals surface area (Å²) in [5.41, 5.74) is 5.66. The van der Waals surface area contributed by atoms with E-state index < -0.39 is 0 Å². The van der Waals surface area contributed by atoms with Gasteiger partial charge in [0.15, 0.2) is 0 Å². The number of unbranched alkanes of at least 4 members (excludes halogenated alkanes) is 6. The molecule has 4 heteroatoms. The van der Waals surface area contributed by atoms with E-state index in [4.69, 9.17) is 18.0 Å². The van der Waals surface area contributed by atoms with Crippen LogP contribution < -0.4 is 5.73 Å². The molecule has 1 aliphatic carbocycles. The van der Waals surface area contributed by atoms with Crippen LogP contribution in [0.5, 0.6) is 0 Å². The monoisotopic (exact) mass is 312 g/mol. The van der Waals surface area contributed by atoms with Gasteiger partial charge in [-0.3, -0.25) is 4.79 Å². The van der Waals surface area contributed by atoms with E-state index in [0.717, 1.165) is 19.3 Å². The second kappa shape index (κ2) is 11.0. The molecule has 3 nitrogen and oxygen atoms in total. The second-order valence-corrected chi connectivity index (χ2v) is 6.82. The third-order valence-corrected chi connectivity index (χ3v) is 4.54. The van der Waals surface area contributed by atoms with Crippen molar-refractivity contribution in [2.45, 2.75) is 90.0 Å². The van der Waals surface area contributed by atoms with Crippen LogP contribution in [0, 0.1) is 0 Å². The Labute approximate surface area is 135 Å². The van der Waals surface area contributed by atoms with Gasteiger partial charge in [0.05, 0.1) is 11.5 Å². The highest BCUT2D eigenvalue weighted by Gasteiger charge is 2.26. The Morgan fingerprint density at radius 3 is 2.24 bits per heavy atom. The highest BCUT2D eigenvalue weighted by atomic mass is 32.1. The molecule has 1 amide bonds. The number of carbonyl (C=O) groups is 1. The first-order valence-electron chi connectivity index (χ1n) is 8.73. The van der Waals surface area contributed by atoms with Crippen LogP contribution in [-0.2, 0) is 4.79 Å². The number of amides is 1. The summed E-state index contributed by atoms with van der Waals surface area (Å²) < 4.78 is 0. The van der Waals surface area contributed by atoms with Crippen molar-refractivity contribution >= 4 is 23.1 Å². The van der Waals surface area contributed by atoms with E-state index in [1.807, 2.05) is 4.90 Å². The lowest BCUT2D eigenvalue weighted by Gasteiger charge is -2.28. The minimum atomic E-state index is 0.253. The number of carbonyl (C=O) groups excluding carboxylic acids is 1. The van der Waals surface area contributed by atoms with Gasteiger partial charge in [-0.2, -0.15) is 0 Å². The summed E-state index contributed by atoms with van der Waals surface area (Å²) in [6.45, 7) is 2.70. The van der Waals surface area contributed by atoms with Gasteiger partial charge in [0.2, 0.25) is 5.91 Å². The molecule has 1 fully saturated rings. The summed E-state index contributed by atoms with van der Waals surface area (Å²) in [4.78, 5) is 14.8. The molecule has 0 heterocycles. The Kier molecular flexibility index (Phi) is 9.64. The zero-order valence-corrected chi connectivity index (χ0v) is 14.4. The van der Waals surface area contributed by atoms with Crippen LogP contribution in [0.4, 0.5) is 0 Å². The van der Waals surface area contributed by atoms with Gasteiger partial charge in [0.25, 0.3) is 0 Å². The van der Waals surface area contributed by atoms with Gasteiger partial charge in [0.1, 0.15) is 0 Å². The molecule has 0 unspecified atom stereocenters. The molecule has 0 radical (unpaired) electrons. The number of thiocarbonyl (C=S) groups is 1. The first-order valence-corrected chi connectivity index (χ1v) is 9.13. The summed E-state index contributed by atoms with van der Waals surface area (Å²) in [6, 6.07) is 0.378. The van der Waals surface area contributed by atoms with E-state index in [1.54, 1.807) is 0 Å². The number of hydrogen-bond acceptors (Lipinski definition) is 2. The Balaban J connectivity index is 2.23. The molecule has 0 aromatic rings. The minimum Gasteiger partial charge on any atom is -0.392 e. The molecule has 0 aromatic carbocycles. The Morgan fingerprint density at radius 2 is 1.67 bits per heavy atom. The smallest absolute Gasteiger partial charge is 0.223 e. The lowest BCUT2D eigenvalue weighted by molar-refractivity contribution is -0.132. The lowest BCUT2D eigenvalue weighted by Crippen LogP contribution is -2.43. The zero-order valence-electron chi connectivity index (χ0n) is 13.6. The maximum atomic E-state index is 12.4. The van der Waals surface area contributed by atoms with E-state index in [-0.39, 0.29) is 5.91 Å². The molecule has 122 valence electrons. The predicted octanol–water partition coefficient (Wildman–Crippen LogP) is 4.18. The molecule has 0 aromatic heterocycles. The van der Waals surface area contributed by atoms with Gasteiger partial charge in [-0.15, -0.1) is 0 Å². The normalized spacial score (nSPS) is 15.3. The van der Waals surface area contributed by atoms with Crippen molar-refractivity contribution in [3.63, 3.8) is 0 Å². The summed E-state index contributed by atoms with van der Waals surface area (Å²) in [6.07, 6.45) is 14.0. The number of nitrogens with zero attached hydrogens (tertiary/aromatic N) is 1. The molecule has 0 bridgehead atoms. The van der Waals surface area contributed by atoms with Crippen molar-refractivity contribution in [2.24, 2.45) is 5.73 Å². The average molecular weight is 313 g/mol. The van der Waals surface area contributed by atoms with Crippen molar-refractivity contribution in [3.05, 3.63) is 0 Å². The van der Waals surface area contributed by atoms with Crippen LogP contribution in [0.25, 0.3) is 0 Å². The molecule has 0 saturated heterocycles. The third kappa shape index (κ3) is 7.79. The van der Waals surface area contributed by atoms with Crippen LogP contribution in [0.15, 0.2) is 0 Å². The van der Waals surface area contributed by atoms with E-state index in [0.29, 0.717) is 24.0 Å². The highest BCUT2D eigenvalue weighted by molar-refractivity contribution is 7.80. The topological polar surface area (TPSA) is 46.3 Å². The van der Waals surface area contributed by atoms with Gasteiger partial charge in [-0.1, -0.05) is 70.5 Å². The average Bonchev–Trinajstić information content (AvgIpc) is 2.97. The van der Waals surface area contributed by atoms with Crippen LogP contribution in [0.1, 0.15) is 84.0 Å². The van der Waals surface area contributed by atoms with Crippen LogP contribution in [0.3, 0.4) is 0 Å². The largest absolute Gasteiger partial charge is 0.392 e. The molecule has 1 saturated carbocycles. The second-order valence-electron chi connectivity index (χ2n) is 6.30. The van der Waals surface area contributed by atoms with Crippen molar-refractivity contribution in [2.75, 3.05) is 6.54 Å². The Morgan fingerprint density at radius 1 is 1.10 bits per heavy atom. The van der Waals surface area contributed by atoms with Gasteiger partial charge >= 0.3 is 0 Å². The maximum Gasteiger partial charge on any atom is 0.223 e. The molecule has 1 aliphatic rings. The summed E-state index contributed by atoms with van der Waals surface area (Å²) in [7, 11) is 0. The molecule has 1 rings (SSSR count). The van der Waals surface area contributed by atoms with Gasteiger partial charge in [0, 0.05) is 12.5 Å². The molecule has 0 spiro atoms. The summed E-state index contributed by atoms with van der Waals surface area (Å²) >= 11 is 5.01. The molecule has 0 atom stereocenters. The van der Waals surface area contributed by atoms with E-state index >= 15 is 0 Å². The maximum absolute atomic E-state index is 12.4. The summed E-state index contributed by atoms with van der Waals surface area (Å²) in [5.74, 6) is 0.253. The minimum absolute atomic E-state index is 0.253. The first kappa shape index (κ1) is 18.4. The number of nitrogens with two attached hydrogens (primary N) is 1. The third-order valence-electron chi connectivity index (χ3n) is 4.41.